The molecular formula is C13H23N3O. The molecule has 0 amide bonds. The van der Waals surface area contributed by atoms with E-state index in [1.165, 1.54) is 0 Å². The van der Waals surface area contributed by atoms with E-state index in [4.69, 9.17) is 4.74 Å². The Morgan fingerprint density at radius 2 is 2.24 bits per heavy atom. The van der Waals surface area contributed by atoms with Crippen molar-refractivity contribution >= 4 is 5.69 Å². The van der Waals surface area contributed by atoms with E-state index in [1.54, 1.807) is 7.11 Å². The number of methoxy groups -OCH3 is 1. The summed E-state index contributed by atoms with van der Waals surface area (Å²) in [5.41, 5.74) is 2.20. The average molecular weight is 237 g/mol. The molecule has 0 spiro atoms. The third-order valence-electron chi connectivity index (χ3n) is 2.80. The van der Waals surface area contributed by atoms with Crippen LogP contribution in [0.15, 0.2) is 18.3 Å². The number of nitrogens with zero attached hydrogens (tertiary/aromatic N) is 2. The molecule has 0 bridgehead atoms. The van der Waals surface area contributed by atoms with E-state index in [1.807, 2.05) is 13.2 Å². The second kappa shape index (κ2) is 7.25. The number of ether oxygens (including phenoxy) is 1. The molecule has 0 saturated carbocycles. The maximum atomic E-state index is 5.06. The first-order chi connectivity index (χ1) is 8.19. The van der Waals surface area contributed by atoms with Crippen molar-refractivity contribution < 1.29 is 4.74 Å². The van der Waals surface area contributed by atoms with Gasteiger partial charge in [0, 0.05) is 26.7 Å². The minimum absolute atomic E-state index is 0.304. The molecule has 0 radical (unpaired) electrons. The van der Waals surface area contributed by atoms with Gasteiger partial charge < -0.3 is 15.0 Å². The molecule has 4 heteroatoms. The Labute approximate surface area is 104 Å². The summed E-state index contributed by atoms with van der Waals surface area (Å²) >= 11 is 0. The van der Waals surface area contributed by atoms with Crippen LogP contribution in [0.3, 0.4) is 0 Å². The van der Waals surface area contributed by atoms with E-state index in [9.17, 15) is 0 Å². The second-order valence-corrected chi connectivity index (χ2v) is 4.13. The van der Waals surface area contributed by atoms with E-state index >= 15 is 0 Å². The SMILES string of the molecule is CCNC(C)c1ccc(N(C)CCOC)cn1. The smallest absolute Gasteiger partial charge is 0.0637 e. The lowest BCUT2D eigenvalue weighted by molar-refractivity contribution is 0.206. The van der Waals surface area contributed by atoms with Gasteiger partial charge in [0.25, 0.3) is 0 Å². The number of rotatable bonds is 7. The van der Waals surface area contributed by atoms with Crippen molar-refractivity contribution in [1.29, 1.82) is 0 Å². The van der Waals surface area contributed by atoms with Gasteiger partial charge in [0.05, 0.1) is 24.2 Å². The predicted molar refractivity (Wildman–Crippen MR) is 71.5 cm³/mol. The molecule has 1 atom stereocenters. The van der Waals surface area contributed by atoms with Crippen LogP contribution in [0.5, 0.6) is 0 Å². The van der Waals surface area contributed by atoms with Gasteiger partial charge in [-0.3, -0.25) is 4.98 Å². The zero-order valence-electron chi connectivity index (χ0n) is 11.2. The first-order valence-electron chi connectivity index (χ1n) is 6.08. The Bertz CT molecular complexity index is 313. The van der Waals surface area contributed by atoms with E-state index in [2.05, 4.69) is 41.2 Å². The van der Waals surface area contributed by atoms with Gasteiger partial charge in [-0.15, -0.1) is 0 Å². The van der Waals surface area contributed by atoms with Gasteiger partial charge in [-0.25, -0.2) is 0 Å². The monoisotopic (exact) mass is 237 g/mol. The highest BCUT2D eigenvalue weighted by atomic mass is 16.5. The quantitative estimate of drug-likeness (QED) is 0.785. The van der Waals surface area contributed by atoms with Crippen molar-refractivity contribution in [3.63, 3.8) is 0 Å². The number of likely N-dealkylation sites (N-methyl/N-ethyl adjacent to an activating group) is 1. The summed E-state index contributed by atoms with van der Waals surface area (Å²) in [5.74, 6) is 0. The maximum Gasteiger partial charge on any atom is 0.0637 e. The fourth-order valence-corrected chi connectivity index (χ4v) is 1.65. The van der Waals surface area contributed by atoms with E-state index < -0.39 is 0 Å². The van der Waals surface area contributed by atoms with Gasteiger partial charge >= 0.3 is 0 Å². The number of nitrogens with one attached hydrogen (secondary N) is 1. The summed E-state index contributed by atoms with van der Waals surface area (Å²) in [5, 5.41) is 3.35. The second-order valence-electron chi connectivity index (χ2n) is 4.13. The Morgan fingerprint density at radius 3 is 2.76 bits per heavy atom. The van der Waals surface area contributed by atoms with Gasteiger partial charge in [-0.1, -0.05) is 6.92 Å². The van der Waals surface area contributed by atoms with Crippen LogP contribution in [0.2, 0.25) is 0 Å². The number of pyridine rings is 1. The Hall–Kier alpha value is -1.13. The normalized spacial score (nSPS) is 12.5. The largest absolute Gasteiger partial charge is 0.383 e. The standard InChI is InChI=1S/C13H23N3O/c1-5-14-11(2)13-7-6-12(10-15-13)16(3)8-9-17-4/h6-7,10-11,14H,5,8-9H2,1-4H3. The highest BCUT2D eigenvalue weighted by Gasteiger charge is 2.06. The fourth-order valence-electron chi connectivity index (χ4n) is 1.65. The summed E-state index contributed by atoms with van der Waals surface area (Å²) in [6.45, 7) is 6.79. The number of anilines is 1. The molecule has 0 aliphatic heterocycles. The Morgan fingerprint density at radius 1 is 1.47 bits per heavy atom. The molecule has 0 aromatic carbocycles. The molecule has 0 aliphatic carbocycles. The molecule has 0 fully saturated rings. The first kappa shape index (κ1) is 13.9. The number of aromatic nitrogens is 1. The van der Waals surface area contributed by atoms with Crippen LogP contribution in [0.1, 0.15) is 25.6 Å². The molecule has 4 nitrogen and oxygen atoms in total. The molecule has 1 unspecified atom stereocenters. The summed E-state index contributed by atoms with van der Waals surface area (Å²) in [4.78, 5) is 6.62. The van der Waals surface area contributed by atoms with Crippen molar-refractivity contribution in [3.8, 4) is 0 Å². The van der Waals surface area contributed by atoms with Crippen molar-refractivity contribution in [2.75, 3.05) is 38.8 Å². The van der Waals surface area contributed by atoms with E-state index in [-0.39, 0.29) is 0 Å². The Balaban J connectivity index is 2.60. The zero-order chi connectivity index (χ0) is 12.7. The molecule has 1 rings (SSSR count). The van der Waals surface area contributed by atoms with Gasteiger partial charge in [0.1, 0.15) is 0 Å². The summed E-state index contributed by atoms with van der Waals surface area (Å²) in [7, 11) is 3.76. The number of hydrogen-bond donors (Lipinski definition) is 1. The van der Waals surface area contributed by atoms with Crippen LogP contribution in [-0.4, -0.2) is 38.8 Å². The first-order valence-corrected chi connectivity index (χ1v) is 6.08. The molecule has 96 valence electrons. The van der Waals surface area contributed by atoms with Crippen LogP contribution < -0.4 is 10.2 Å². The topological polar surface area (TPSA) is 37.4 Å². The van der Waals surface area contributed by atoms with Crippen molar-refractivity contribution in [1.82, 2.24) is 10.3 Å². The summed E-state index contributed by atoms with van der Waals surface area (Å²) in [6, 6.07) is 4.48. The molecule has 1 N–H and O–H groups in total. The Kier molecular flexibility index (Phi) is 5.94. The average Bonchev–Trinajstić information content (AvgIpc) is 2.36. The maximum absolute atomic E-state index is 5.06. The molecule has 1 aromatic rings. The van der Waals surface area contributed by atoms with Crippen LogP contribution in [0, 0.1) is 0 Å². The van der Waals surface area contributed by atoms with E-state index in [0.717, 1.165) is 31.1 Å². The highest BCUT2D eigenvalue weighted by Crippen LogP contribution is 2.15. The third kappa shape index (κ3) is 4.32. The highest BCUT2D eigenvalue weighted by molar-refractivity contribution is 5.43. The molecule has 1 aromatic heterocycles. The third-order valence-corrected chi connectivity index (χ3v) is 2.80. The lowest BCUT2D eigenvalue weighted by atomic mass is 10.2. The molecule has 1 heterocycles. The molecule has 17 heavy (non-hydrogen) atoms. The van der Waals surface area contributed by atoms with Crippen LogP contribution in [0.25, 0.3) is 0 Å². The van der Waals surface area contributed by atoms with Gasteiger partial charge in [-0.2, -0.15) is 0 Å². The van der Waals surface area contributed by atoms with Crippen molar-refractivity contribution in [2.45, 2.75) is 19.9 Å². The van der Waals surface area contributed by atoms with Gasteiger partial charge in [0.15, 0.2) is 0 Å². The van der Waals surface area contributed by atoms with Gasteiger partial charge in [-0.05, 0) is 25.6 Å². The van der Waals surface area contributed by atoms with Crippen LogP contribution >= 0.6 is 0 Å². The molecule has 0 saturated heterocycles. The zero-order valence-corrected chi connectivity index (χ0v) is 11.2. The lowest BCUT2D eigenvalue weighted by Gasteiger charge is -2.19. The predicted octanol–water partition coefficient (Wildman–Crippen LogP) is 1.83. The van der Waals surface area contributed by atoms with Gasteiger partial charge in [0.2, 0.25) is 0 Å². The van der Waals surface area contributed by atoms with E-state index in [0.29, 0.717) is 6.04 Å². The molecule has 0 aliphatic rings. The summed E-state index contributed by atoms with van der Waals surface area (Å²) in [6.07, 6.45) is 1.92. The van der Waals surface area contributed by atoms with Crippen LogP contribution in [-0.2, 0) is 4.74 Å². The van der Waals surface area contributed by atoms with Crippen LogP contribution in [0.4, 0.5) is 5.69 Å². The number of hydrogen-bond acceptors (Lipinski definition) is 4. The minimum atomic E-state index is 0.304. The summed E-state index contributed by atoms with van der Waals surface area (Å²) < 4.78 is 5.06. The van der Waals surface area contributed by atoms with Crippen molar-refractivity contribution in [2.24, 2.45) is 0 Å². The van der Waals surface area contributed by atoms with Crippen molar-refractivity contribution in [3.05, 3.63) is 24.0 Å². The fraction of sp³-hybridized carbons (Fsp3) is 0.615. The lowest BCUT2D eigenvalue weighted by Crippen LogP contribution is -2.23. The molecular weight excluding hydrogens is 214 g/mol. The minimum Gasteiger partial charge on any atom is -0.383 e.